The van der Waals surface area contributed by atoms with E-state index >= 15 is 0 Å². The molecular formula is C12H12N4O3S2. The Labute approximate surface area is 128 Å². The first kappa shape index (κ1) is 14.0. The fraction of sp³-hybridized carbons (Fsp3) is 0.333. The highest BCUT2D eigenvalue weighted by atomic mass is 32.1. The van der Waals surface area contributed by atoms with Gasteiger partial charge in [0, 0.05) is 16.2 Å². The smallest absolute Gasteiger partial charge is 0.404 e. The molecule has 1 aliphatic carbocycles. The summed E-state index contributed by atoms with van der Waals surface area (Å²) in [7, 11) is 0. The van der Waals surface area contributed by atoms with Gasteiger partial charge in [-0.3, -0.25) is 10.1 Å². The summed E-state index contributed by atoms with van der Waals surface area (Å²) in [6, 6.07) is 1.81. The van der Waals surface area contributed by atoms with E-state index in [0.29, 0.717) is 10.7 Å². The molecule has 1 aliphatic rings. The average molecular weight is 324 g/mol. The number of carbonyl (C=O) groups is 2. The van der Waals surface area contributed by atoms with Gasteiger partial charge in [-0.2, -0.15) is 0 Å². The Hall–Kier alpha value is -2.00. The second kappa shape index (κ2) is 5.41. The minimum Gasteiger partial charge on any atom is -0.446 e. The van der Waals surface area contributed by atoms with Crippen molar-refractivity contribution in [2.24, 2.45) is 5.73 Å². The maximum Gasteiger partial charge on any atom is 0.404 e. The van der Waals surface area contributed by atoms with E-state index in [9.17, 15) is 9.59 Å². The van der Waals surface area contributed by atoms with Crippen molar-refractivity contribution in [2.45, 2.75) is 25.4 Å². The molecule has 1 saturated carbocycles. The molecule has 3 rings (SSSR count). The van der Waals surface area contributed by atoms with E-state index in [1.165, 1.54) is 22.7 Å². The number of nitrogens with one attached hydrogen (secondary N) is 1. The van der Waals surface area contributed by atoms with Gasteiger partial charge < -0.3 is 10.5 Å². The van der Waals surface area contributed by atoms with Crippen molar-refractivity contribution in [1.29, 1.82) is 0 Å². The Balaban J connectivity index is 1.62. The van der Waals surface area contributed by atoms with Crippen LogP contribution in [0.1, 0.15) is 32.6 Å². The first-order valence-corrected chi connectivity index (χ1v) is 7.88. The highest BCUT2D eigenvalue weighted by Crippen LogP contribution is 2.45. The fourth-order valence-corrected chi connectivity index (χ4v) is 3.58. The van der Waals surface area contributed by atoms with Crippen molar-refractivity contribution < 1.29 is 14.3 Å². The first-order chi connectivity index (χ1) is 10.0. The Kier molecular flexibility index (Phi) is 3.60. The van der Waals surface area contributed by atoms with Crippen LogP contribution in [0.15, 0.2) is 11.4 Å². The van der Waals surface area contributed by atoms with Gasteiger partial charge in [-0.1, -0.05) is 11.3 Å². The van der Waals surface area contributed by atoms with Crippen LogP contribution in [0.5, 0.6) is 0 Å². The molecule has 2 heterocycles. The van der Waals surface area contributed by atoms with Gasteiger partial charge in [0.05, 0.1) is 5.56 Å². The van der Waals surface area contributed by atoms with E-state index < -0.39 is 6.09 Å². The second-order valence-corrected chi connectivity index (χ2v) is 6.76. The largest absolute Gasteiger partial charge is 0.446 e. The summed E-state index contributed by atoms with van der Waals surface area (Å²) >= 11 is 2.79. The minimum atomic E-state index is -0.760. The number of aromatic nitrogens is 2. The van der Waals surface area contributed by atoms with Crippen molar-refractivity contribution in [3.63, 3.8) is 0 Å². The third-order valence-electron chi connectivity index (χ3n) is 2.99. The van der Waals surface area contributed by atoms with Gasteiger partial charge in [0.25, 0.3) is 5.91 Å². The van der Waals surface area contributed by atoms with E-state index in [1.54, 1.807) is 5.38 Å². The topological polar surface area (TPSA) is 107 Å². The van der Waals surface area contributed by atoms with E-state index in [2.05, 4.69) is 15.5 Å². The highest BCUT2D eigenvalue weighted by molar-refractivity contribution is 7.15. The number of primary amides is 1. The van der Waals surface area contributed by atoms with Gasteiger partial charge >= 0.3 is 6.09 Å². The molecule has 110 valence electrons. The number of thiophene rings is 1. The molecule has 0 radical (unpaired) electrons. The summed E-state index contributed by atoms with van der Waals surface area (Å²) in [5.74, 6) is -0.0745. The molecule has 3 N–H and O–H groups in total. The zero-order valence-corrected chi connectivity index (χ0v) is 12.7. The lowest BCUT2D eigenvalue weighted by atomic mass is 10.2. The van der Waals surface area contributed by atoms with Gasteiger partial charge in [0.15, 0.2) is 0 Å². The predicted molar refractivity (Wildman–Crippen MR) is 78.7 cm³/mol. The number of ether oxygens (including phenoxy) is 1. The Morgan fingerprint density at radius 1 is 1.48 bits per heavy atom. The van der Waals surface area contributed by atoms with Crippen LogP contribution in [0.3, 0.4) is 0 Å². The molecule has 2 aromatic rings. The molecule has 7 nitrogen and oxygen atoms in total. The molecule has 1 fully saturated rings. The zero-order chi connectivity index (χ0) is 15.0. The van der Waals surface area contributed by atoms with Gasteiger partial charge in [-0.05, 0) is 19.4 Å². The molecule has 2 aromatic heterocycles. The molecule has 2 atom stereocenters. The lowest BCUT2D eigenvalue weighted by Crippen LogP contribution is -2.14. The lowest BCUT2D eigenvalue weighted by molar-refractivity contribution is 0.102. The van der Waals surface area contributed by atoms with Crippen LogP contribution in [0, 0.1) is 6.92 Å². The number of carbonyl (C=O) groups excluding carboxylic acids is 2. The number of hydrogen-bond donors (Lipinski definition) is 2. The normalized spacial score (nSPS) is 20.0. The van der Waals surface area contributed by atoms with E-state index in [1.807, 2.05) is 13.0 Å². The third-order valence-corrected chi connectivity index (χ3v) is 4.81. The van der Waals surface area contributed by atoms with Crippen LogP contribution in [0.4, 0.5) is 9.93 Å². The molecule has 0 spiro atoms. The van der Waals surface area contributed by atoms with Crippen LogP contribution >= 0.6 is 22.7 Å². The quantitative estimate of drug-likeness (QED) is 0.895. The van der Waals surface area contributed by atoms with Crippen molar-refractivity contribution in [3.05, 3.63) is 26.9 Å². The summed E-state index contributed by atoms with van der Waals surface area (Å²) in [5, 5.41) is 13.4. The minimum absolute atomic E-state index is 0.146. The summed E-state index contributed by atoms with van der Waals surface area (Å²) in [6.07, 6.45) is -0.174. The lowest BCUT2D eigenvalue weighted by Gasteiger charge is -1.98. The molecule has 21 heavy (non-hydrogen) atoms. The van der Waals surface area contributed by atoms with Crippen molar-refractivity contribution in [2.75, 3.05) is 5.32 Å². The first-order valence-electron chi connectivity index (χ1n) is 6.19. The van der Waals surface area contributed by atoms with Crippen molar-refractivity contribution in [3.8, 4) is 0 Å². The van der Waals surface area contributed by atoms with E-state index in [0.717, 1.165) is 16.3 Å². The zero-order valence-electron chi connectivity index (χ0n) is 11.0. The number of aryl methyl sites for hydroxylation is 1. The Bertz CT molecular complexity index is 696. The van der Waals surface area contributed by atoms with Gasteiger partial charge in [-0.25, -0.2) is 4.79 Å². The number of hydrogen-bond acceptors (Lipinski definition) is 7. The number of rotatable bonds is 4. The van der Waals surface area contributed by atoms with Crippen LogP contribution in [0.25, 0.3) is 0 Å². The van der Waals surface area contributed by atoms with Gasteiger partial charge in [0.1, 0.15) is 11.1 Å². The van der Waals surface area contributed by atoms with E-state index in [-0.39, 0.29) is 17.9 Å². The summed E-state index contributed by atoms with van der Waals surface area (Å²) in [5.41, 5.74) is 5.54. The maximum absolute atomic E-state index is 12.1. The maximum atomic E-state index is 12.1. The van der Waals surface area contributed by atoms with Crippen LogP contribution in [0.2, 0.25) is 0 Å². The highest BCUT2D eigenvalue weighted by Gasteiger charge is 2.42. The van der Waals surface area contributed by atoms with Crippen LogP contribution in [-0.4, -0.2) is 28.3 Å². The number of anilines is 1. The summed E-state index contributed by atoms with van der Waals surface area (Å²) < 4.78 is 4.92. The number of nitrogens with zero attached hydrogens (tertiary/aromatic N) is 2. The Morgan fingerprint density at radius 2 is 2.29 bits per heavy atom. The Morgan fingerprint density at radius 3 is 2.95 bits per heavy atom. The van der Waals surface area contributed by atoms with Crippen LogP contribution in [-0.2, 0) is 4.74 Å². The summed E-state index contributed by atoms with van der Waals surface area (Å²) in [4.78, 5) is 23.8. The van der Waals surface area contributed by atoms with Crippen molar-refractivity contribution in [1.82, 2.24) is 10.2 Å². The molecule has 0 unspecified atom stereocenters. The molecule has 9 heteroatoms. The second-order valence-electron chi connectivity index (χ2n) is 4.64. The van der Waals surface area contributed by atoms with E-state index in [4.69, 9.17) is 10.5 Å². The standard InChI is InChI=1S/C12H12N4O3S2/c1-5-15-16-12(21-5)14-10(17)6-2-9(20-4-6)7-3-8(7)19-11(13)18/h2,4,7-8H,3H2,1H3,(H2,13,18)(H,14,16,17)/t7-,8-/m1/s1. The molecule has 0 aromatic carbocycles. The molecule has 0 bridgehead atoms. The molecule has 0 aliphatic heterocycles. The van der Waals surface area contributed by atoms with Gasteiger partial charge in [-0.15, -0.1) is 21.5 Å². The average Bonchev–Trinajstić information content (AvgIpc) is 2.86. The fourth-order valence-electron chi connectivity index (χ4n) is 1.93. The molecule has 0 saturated heterocycles. The SMILES string of the molecule is Cc1nnc(NC(=O)c2csc([C@@H]3C[C@H]3OC(N)=O)c2)s1. The van der Waals surface area contributed by atoms with Crippen molar-refractivity contribution >= 4 is 39.8 Å². The predicted octanol–water partition coefficient (Wildman–Crippen LogP) is 2.11. The molecule has 2 amide bonds. The monoisotopic (exact) mass is 324 g/mol. The summed E-state index contributed by atoms with van der Waals surface area (Å²) in [6.45, 7) is 1.82. The number of nitrogens with two attached hydrogens (primary N) is 1. The van der Waals surface area contributed by atoms with Crippen LogP contribution < -0.4 is 11.1 Å². The third kappa shape index (κ3) is 3.19. The molecular weight excluding hydrogens is 312 g/mol. The number of amides is 2. The van der Waals surface area contributed by atoms with Gasteiger partial charge in [0.2, 0.25) is 5.13 Å².